The third-order valence-electron chi connectivity index (χ3n) is 4.66. The van der Waals surface area contributed by atoms with Crippen LogP contribution in [0.1, 0.15) is 10.8 Å². The van der Waals surface area contributed by atoms with Gasteiger partial charge in [-0.05, 0) is 6.07 Å². The van der Waals surface area contributed by atoms with E-state index >= 15 is 0 Å². The fraction of sp³-hybridized carbons (Fsp3) is 0.312. The van der Waals surface area contributed by atoms with Crippen molar-refractivity contribution in [3.8, 4) is 6.07 Å². The van der Waals surface area contributed by atoms with Gasteiger partial charge in [-0.2, -0.15) is 10.4 Å². The third-order valence-corrected chi connectivity index (χ3v) is 5.79. The second-order valence-corrected chi connectivity index (χ2v) is 6.96. The minimum Gasteiger partial charge on any atom is -0.456 e. The van der Waals surface area contributed by atoms with Crippen LogP contribution in [0.5, 0.6) is 0 Å². The molecule has 3 aliphatic heterocycles. The largest absolute Gasteiger partial charge is 0.456 e. The number of aromatic amines is 1. The Morgan fingerprint density at radius 1 is 1.42 bits per heavy atom. The van der Waals surface area contributed by atoms with Gasteiger partial charge in [-0.3, -0.25) is 5.10 Å². The maximum absolute atomic E-state index is 12.4. The molecule has 3 aliphatic rings. The van der Waals surface area contributed by atoms with Crippen LogP contribution in [0.2, 0.25) is 0 Å². The van der Waals surface area contributed by atoms with Gasteiger partial charge in [0.1, 0.15) is 6.61 Å². The number of fused-ring (bicyclic) bond motifs is 3. The Labute approximate surface area is 140 Å². The predicted molar refractivity (Wildman–Crippen MR) is 84.9 cm³/mol. The molecule has 120 valence electrons. The number of morpholine rings is 1. The molecule has 0 saturated carbocycles. The van der Waals surface area contributed by atoms with E-state index in [-0.39, 0.29) is 12.6 Å². The van der Waals surface area contributed by atoms with Crippen LogP contribution in [0.25, 0.3) is 10.2 Å². The molecule has 8 heteroatoms. The maximum Gasteiger partial charge on any atom is 0.337 e. The van der Waals surface area contributed by atoms with Crippen LogP contribution in [-0.4, -0.2) is 47.4 Å². The van der Waals surface area contributed by atoms with Crippen molar-refractivity contribution in [3.05, 3.63) is 39.7 Å². The summed E-state index contributed by atoms with van der Waals surface area (Å²) < 4.78 is 11.9. The van der Waals surface area contributed by atoms with Crippen molar-refractivity contribution in [2.45, 2.75) is 5.92 Å². The summed E-state index contributed by atoms with van der Waals surface area (Å²) in [5.74, 6) is -0.720. The molecule has 1 N–H and O–H groups in total. The number of esters is 1. The van der Waals surface area contributed by atoms with Crippen LogP contribution in [0.15, 0.2) is 34.8 Å². The Morgan fingerprint density at radius 3 is 3.17 bits per heavy atom. The van der Waals surface area contributed by atoms with Crippen molar-refractivity contribution in [2.24, 2.45) is 0 Å². The number of aromatic nitrogens is 2. The fourth-order valence-electron chi connectivity index (χ4n) is 3.61. The lowest BCUT2D eigenvalue weighted by Crippen LogP contribution is -2.39. The number of allylic oxidation sites excluding steroid dienone is 1. The lowest BCUT2D eigenvalue weighted by Gasteiger charge is -2.38. The average Bonchev–Trinajstić information content (AvgIpc) is 3.28. The highest BCUT2D eigenvalue weighted by Crippen LogP contribution is 2.47. The van der Waals surface area contributed by atoms with E-state index < -0.39 is 5.92 Å². The summed E-state index contributed by atoms with van der Waals surface area (Å²) in [6.07, 6.45) is 1.75. The Hall–Kier alpha value is -2.63. The number of H-pyrrole nitrogens is 1. The van der Waals surface area contributed by atoms with Gasteiger partial charge in [0.15, 0.2) is 0 Å². The number of thiophene rings is 1. The van der Waals surface area contributed by atoms with Crippen LogP contribution < -0.4 is 0 Å². The Bertz CT molecular complexity index is 949. The molecule has 0 spiro atoms. The standard InChI is InChI=1S/C16H12N4O3S/c17-4-8-10-6-22-2-1-20(10)11-7-23-16(21)15(11)14(8)12-3-9-13(24-12)5-18-19-9/h3,5,14H,1-2,6-7H2,(H,18,19). The molecule has 2 aromatic heterocycles. The molecule has 1 saturated heterocycles. The summed E-state index contributed by atoms with van der Waals surface area (Å²) >= 11 is 1.54. The molecule has 7 nitrogen and oxygen atoms in total. The highest BCUT2D eigenvalue weighted by molar-refractivity contribution is 7.19. The number of hydrogen-bond donors (Lipinski definition) is 1. The lowest BCUT2D eigenvalue weighted by atomic mass is 9.84. The molecule has 0 bridgehead atoms. The van der Waals surface area contributed by atoms with Gasteiger partial charge >= 0.3 is 5.97 Å². The quantitative estimate of drug-likeness (QED) is 0.794. The SMILES string of the molecule is N#CC1=C2COCCN2C2=C(C(=O)OC2)C1c1cc2[nH]ncc2s1. The summed E-state index contributed by atoms with van der Waals surface area (Å²) in [6.45, 7) is 1.86. The first-order valence-electron chi connectivity index (χ1n) is 7.59. The predicted octanol–water partition coefficient (Wildman–Crippen LogP) is 1.64. The first kappa shape index (κ1) is 13.8. The number of carbonyl (C=O) groups excluding carboxylic acids is 1. The number of nitriles is 1. The molecule has 1 unspecified atom stereocenters. The molecule has 0 amide bonds. The molecule has 0 aliphatic carbocycles. The van der Waals surface area contributed by atoms with Gasteiger partial charge in [0.05, 0.1) is 64.2 Å². The molecule has 1 atom stereocenters. The van der Waals surface area contributed by atoms with Gasteiger partial charge in [0.25, 0.3) is 0 Å². The number of nitrogens with one attached hydrogen (secondary N) is 1. The highest BCUT2D eigenvalue weighted by Gasteiger charge is 2.44. The molecular formula is C16H12N4O3S. The molecule has 5 heterocycles. The fourth-order valence-corrected chi connectivity index (χ4v) is 4.71. The highest BCUT2D eigenvalue weighted by atomic mass is 32.1. The third kappa shape index (κ3) is 1.74. The van der Waals surface area contributed by atoms with Crippen LogP contribution >= 0.6 is 11.3 Å². The van der Waals surface area contributed by atoms with E-state index in [1.165, 1.54) is 11.3 Å². The first-order chi connectivity index (χ1) is 11.8. The number of carbonyl (C=O) groups is 1. The summed E-state index contributed by atoms with van der Waals surface area (Å²) in [6, 6.07) is 4.28. The zero-order valence-corrected chi connectivity index (χ0v) is 13.4. The molecule has 24 heavy (non-hydrogen) atoms. The summed E-state index contributed by atoms with van der Waals surface area (Å²) in [5, 5.41) is 16.8. The minimum atomic E-state index is -0.390. The van der Waals surface area contributed by atoms with Gasteiger partial charge in [0.2, 0.25) is 0 Å². The zero-order chi connectivity index (χ0) is 16.3. The van der Waals surface area contributed by atoms with E-state index in [1.807, 2.05) is 11.0 Å². The van der Waals surface area contributed by atoms with E-state index in [1.54, 1.807) is 6.20 Å². The molecular weight excluding hydrogens is 328 g/mol. The number of cyclic esters (lactones) is 1. The van der Waals surface area contributed by atoms with Crippen molar-refractivity contribution in [2.75, 3.05) is 26.4 Å². The van der Waals surface area contributed by atoms with Gasteiger partial charge < -0.3 is 14.4 Å². The van der Waals surface area contributed by atoms with Gasteiger partial charge in [0, 0.05) is 11.4 Å². The molecule has 0 aromatic carbocycles. The van der Waals surface area contributed by atoms with Gasteiger partial charge in [-0.1, -0.05) is 0 Å². The maximum atomic E-state index is 12.4. The Kier molecular flexibility index (Phi) is 2.83. The van der Waals surface area contributed by atoms with Crippen molar-refractivity contribution in [3.63, 3.8) is 0 Å². The van der Waals surface area contributed by atoms with E-state index in [2.05, 4.69) is 16.3 Å². The Morgan fingerprint density at radius 2 is 2.33 bits per heavy atom. The number of ether oxygens (including phenoxy) is 2. The number of nitrogens with zero attached hydrogens (tertiary/aromatic N) is 3. The number of rotatable bonds is 1. The second-order valence-electron chi connectivity index (χ2n) is 5.84. The first-order valence-corrected chi connectivity index (χ1v) is 8.41. The minimum absolute atomic E-state index is 0.262. The monoisotopic (exact) mass is 340 g/mol. The molecule has 0 radical (unpaired) electrons. The van der Waals surface area contributed by atoms with Gasteiger partial charge in [-0.25, -0.2) is 4.79 Å². The van der Waals surface area contributed by atoms with E-state index in [0.717, 1.165) is 26.5 Å². The van der Waals surface area contributed by atoms with E-state index in [0.29, 0.717) is 30.9 Å². The average molecular weight is 340 g/mol. The summed E-state index contributed by atoms with van der Waals surface area (Å²) in [5.41, 5.74) is 3.80. The van der Waals surface area contributed by atoms with E-state index in [4.69, 9.17) is 9.47 Å². The van der Waals surface area contributed by atoms with Crippen LogP contribution in [0.4, 0.5) is 0 Å². The van der Waals surface area contributed by atoms with Crippen molar-refractivity contribution >= 4 is 27.5 Å². The van der Waals surface area contributed by atoms with Crippen LogP contribution in [0, 0.1) is 11.3 Å². The molecule has 1 fully saturated rings. The van der Waals surface area contributed by atoms with Crippen LogP contribution in [0.3, 0.4) is 0 Å². The summed E-state index contributed by atoms with van der Waals surface area (Å²) in [4.78, 5) is 15.4. The Balaban J connectivity index is 1.74. The van der Waals surface area contributed by atoms with Crippen molar-refractivity contribution in [1.82, 2.24) is 15.1 Å². The van der Waals surface area contributed by atoms with Crippen molar-refractivity contribution < 1.29 is 14.3 Å². The van der Waals surface area contributed by atoms with Gasteiger partial charge in [-0.15, -0.1) is 11.3 Å². The van der Waals surface area contributed by atoms with Crippen LogP contribution in [-0.2, 0) is 14.3 Å². The molecule has 5 rings (SSSR count). The van der Waals surface area contributed by atoms with E-state index in [9.17, 15) is 10.1 Å². The normalized spacial score (nSPS) is 23.4. The molecule has 2 aromatic rings. The second kappa shape index (κ2) is 4.93. The topological polar surface area (TPSA) is 91.2 Å². The summed E-state index contributed by atoms with van der Waals surface area (Å²) in [7, 11) is 0. The number of hydrogen-bond acceptors (Lipinski definition) is 7. The van der Waals surface area contributed by atoms with Crippen molar-refractivity contribution in [1.29, 1.82) is 5.26 Å². The lowest BCUT2D eigenvalue weighted by molar-refractivity contribution is -0.136. The smallest absolute Gasteiger partial charge is 0.337 e. The zero-order valence-electron chi connectivity index (χ0n) is 12.5.